The molecule has 3 rings (SSSR count). The van der Waals surface area contributed by atoms with Gasteiger partial charge in [-0.25, -0.2) is 0 Å². The average molecular weight is 551 g/mol. The fourth-order valence-corrected chi connectivity index (χ4v) is 7.62. The Hall–Kier alpha value is -2.58. The van der Waals surface area contributed by atoms with Crippen LogP contribution in [0.2, 0.25) is 0 Å². The van der Waals surface area contributed by atoms with Crippen LogP contribution in [-0.2, 0) is 0 Å². The molecule has 0 unspecified atom stereocenters. The van der Waals surface area contributed by atoms with Crippen LogP contribution >= 0.6 is 34.0 Å². The molecule has 7 heteroatoms. The maximum atomic E-state index is 12.7. The second-order valence-corrected chi connectivity index (χ2v) is 12.4. The van der Waals surface area contributed by atoms with E-state index in [9.17, 15) is 20.1 Å². The molecule has 3 heterocycles. The van der Waals surface area contributed by atoms with Crippen LogP contribution in [0.15, 0.2) is 24.3 Å². The fraction of sp³-hybridized carbons (Fsp3) is 0.467. The molecule has 37 heavy (non-hydrogen) atoms. The van der Waals surface area contributed by atoms with Crippen molar-refractivity contribution in [3.8, 4) is 31.6 Å². The standard InChI is InChI=1S/C30H34N2O2S3/c1-3-5-7-9-11-13-23(33)25-15-17-27(35-25)29-21(19-31)22(20-32)30(37-29)28-18-16-26(36-28)24(34)14-12-10-8-6-4-2/h15-18H,3-14H2,1-2H3. The summed E-state index contributed by atoms with van der Waals surface area (Å²) >= 11 is 4.19. The number of thiophene rings is 3. The van der Waals surface area contributed by atoms with Crippen LogP contribution in [0.3, 0.4) is 0 Å². The van der Waals surface area contributed by atoms with E-state index in [0.29, 0.717) is 33.7 Å². The molecule has 0 spiro atoms. The number of nitriles is 2. The summed E-state index contributed by atoms with van der Waals surface area (Å²) < 4.78 is 0. The van der Waals surface area contributed by atoms with Crippen molar-refractivity contribution >= 4 is 45.6 Å². The van der Waals surface area contributed by atoms with Gasteiger partial charge >= 0.3 is 0 Å². The van der Waals surface area contributed by atoms with Crippen LogP contribution in [0.4, 0.5) is 0 Å². The molecule has 0 fully saturated rings. The molecular weight excluding hydrogens is 517 g/mol. The number of hydrogen-bond donors (Lipinski definition) is 0. The second-order valence-electron chi connectivity index (χ2n) is 9.24. The van der Waals surface area contributed by atoms with Crippen LogP contribution in [0.1, 0.15) is 121 Å². The average Bonchev–Trinajstić information content (AvgIpc) is 3.65. The zero-order valence-electron chi connectivity index (χ0n) is 21.7. The largest absolute Gasteiger partial charge is 0.293 e. The van der Waals surface area contributed by atoms with Gasteiger partial charge in [-0.2, -0.15) is 10.5 Å². The Balaban J connectivity index is 1.76. The first-order chi connectivity index (χ1) is 18.0. The Kier molecular flexibility index (Phi) is 11.7. The molecule has 3 aromatic rings. The molecule has 0 radical (unpaired) electrons. The molecule has 0 bridgehead atoms. The number of Topliss-reactive ketones (excluding diaryl/α,β-unsaturated/α-hetero) is 2. The van der Waals surface area contributed by atoms with E-state index in [2.05, 4.69) is 26.0 Å². The molecule has 0 aromatic carbocycles. The third-order valence-corrected chi connectivity index (χ3v) is 10.2. The molecule has 0 saturated heterocycles. The Morgan fingerprint density at radius 3 is 1.41 bits per heavy atom. The highest BCUT2D eigenvalue weighted by Gasteiger charge is 2.24. The minimum absolute atomic E-state index is 0.139. The Morgan fingerprint density at radius 1 is 0.622 bits per heavy atom. The van der Waals surface area contributed by atoms with E-state index in [0.717, 1.165) is 58.0 Å². The van der Waals surface area contributed by atoms with Crippen LogP contribution in [0, 0.1) is 22.7 Å². The second kappa shape index (κ2) is 15.0. The Morgan fingerprint density at radius 2 is 1.03 bits per heavy atom. The van der Waals surface area contributed by atoms with E-state index in [1.165, 1.54) is 59.7 Å². The predicted molar refractivity (Wildman–Crippen MR) is 156 cm³/mol. The van der Waals surface area contributed by atoms with Gasteiger partial charge < -0.3 is 0 Å². The lowest BCUT2D eigenvalue weighted by Gasteiger charge is -1.99. The van der Waals surface area contributed by atoms with Gasteiger partial charge in [-0.3, -0.25) is 9.59 Å². The number of unbranched alkanes of at least 4 members (excludes halogenated alkanes) is 8. The molecule has 0 aliphatic carbocycles. The van der Waals surface area contributed by atoms with E-state index < -0.39 is 0 Å². The zero-order chi connectivity index (χ0) is 26.6. The van der Waals surface area contributed by atoms with Crippen LogP contribution in [-0.4, -0.2) is 11.6 Å². The normalized spacial score (nSPS) is 10.8. The monoisotopic (exact) mass is 550 g/mol. The number of ketones is 2. The van der Waals surface area contributed by atoms with Crippen LogP contribution < -0.4 is 0 Å². The van der Waals surface area contributed by atoms with Gasteiger partial charge in [-0.05, 0) is 37.1 Å². The van der Waals surface area contributed by atoms with Crippen molar-refractivity contribution in [3.63, 3.8) is 0 Å². The number of nitrogens with zero attached hydrogens (tertiary/aromatic N) is 2. The number of carbonyl (C=O) groups is 2. The van der Waals surface area contributed by atoms with Crippen molar-refractivity contribution in [1.29, 1.82) is 10.5 Å². The van der Waals surface area contributed by atoms with Gasteiger partial charge in [0.05, 0.1) is 30.6 Å². The number of hydrogen-bond acceptors (Lipinski definition) is 7. The summed E-state index contributed by atoms with van der Waals surface area (Å²) in [4.78, 5) is 29.9. The van der Waals surface area contributed by atoms with Gasteiger partial charge in [-0.1, -0.05) is 65.2 Å². The smallest absolute Gasteiger partial charge is 0.172 e. The number of rotatable bonds is 16. The molecule has 0 saturated carbocycles. The summed E-state index contributed by atoms with van der Waals surface area (Å²) in [6.07, 6.45) is 12.1. The van der Waals surface area contributed by atoms with Crippen molar-refractivity contribution in [3.05, 3.63) is 45.1 Å². The highest BCUT2D eigenvalue weighted by molar-refractivity contribution is 7.27. The van der Waals surface area contributed by atoms with Gasteiger partial charge in [0, 0.05) is 22.6 Å². The molecule has 0 atom stereocenters. The molecule has 4 nitrogen and oxygen atoms in total. The minimum atomic E-state index is 0.139. The molecule has 3 aromatic heterocycles. The fourth-order valence-electron chi connectivity index (χ4n) is 4.24. The predicted octanol–water partition coefficient (Wildman–Crippen LogP) is 10.0. The molecular formula is C30H34N2O2S3. The van der Waals surface area contributed by atoms with Crippen molar-refractivity contribution in [2.45, 2.75) is 90.9 Å². The van der Waals surface area contributed by atoms with E-state index in [-0.39, 0.29) is 11.6 Å². The first-order valence-corrected chi connectivity index (χ1v) is 15.7. The minimum Gasteiger partial charge on any atom is -0.293 e. The highest BCUT2D eigenvalue weighted by Crippen LogP contribution is 2.45. The summed E-state index contributed by atoms with van der Waals surface area (Å²) in [7, 11) is 0. The maximum absolute atomic E-state index is 12.7. The van der Waals surface area contributed by atoms with Gasteiger partial charge in [0.2, 0.25) is 0 Å². The van der Waals surface area contributed by atoms with Gasteiger partial charge in [0.1, 0.15) is 12.1 Å². The van der Waals surface area contributed by atoms with Gasteiger partial charge in [0.15, 0.2) is 11.6 Å². The van der Waals surface area contributed by atoms with E-state index in [1.54, 1.807) is 0 Å². The lowest BCUT2D eigenvalue weighted by molar-refractivity contribution is 0.0975. The summed E-state index contributed by atoms with van der Waals surface area (Å²) in [5, 5.41) is 19.8. The topological polar surface area (TPSA) is 81.7 Å². The van der Waals surface area contributed by atoms with Crippen LogP contribution in [0.5, 0.6) is 0 Å². The van der Waals surface area contributed by atoms with E-state index in [4.69, 9.17) is 0 Å². The van der Waals surface area contributed by atoms with Crippen molar-refractivity contribution in [2.75, 3.05) is 0 Å². The summed E-state index contributed by atoms with van der Waals surface area (Å²) in [6.45, 7) is 4.35. The first kappa shape index (κ1) is 29.0. The van der Waals surface area contributed by atoms with Crippen LogP contribution in [0.25, 0.3) is 19.5 Å². The Bertz CT molecular complexity index is 1190. The van der Waals surface area contributed by atoms with Gasteiger partial charge in [-0.15, -0.1) is 34.0 Å². The lowest BCUT2D eigenvalue weighted by atomic mass is 10.1. The van der Waals surface area contributed by atoms with E-state index in [1.807, 2.05) is 24.3 Å². The summed E-state index contributed by atoms with van der Waals surface area (Å²) in [6, 6.07) is 11.9. The molecule has 194 valence electrons. The highest BCUT2D eigenvalue weighted by atomic mass is 32.1. The lowest BCUT2D eigenvalue weighted by Crippen LogP contribution is -1.95. The van der Waals surface area contributed by atoms with Crippen molar-refractivity contribution in [2.24, 2.45) is 0 Å². The summed E-state index contributed by atoms with van der Waals surface area (Å²) in [5.74, 6) is 0.277. The molecule has 0 N–H and O–H groups in total. The third kappa shape index (κ3) is 7.71. The first-order valence-electron chi connectivity index (χ1n) is 13.3. The zero-order valence-corrected chi connectivity index (χ0v) is 24.2. The maximum Gasteiger partial charge on any atom is 0.172 e. The molecule has 0 aliphatic heterocycles. The summed E-state index contributed by atoms with van der Waals surface area (Å²) in [5.41, 5.74) is 0.695. The van der Waals surface area contributed by atoms with Crippen molar-refractivity contribution in [1.82, 2.24) is 0 Å². The SMILES string of the molecule is CCCCCCCC(=O)c1ccc(-c2sc(-c3ccc(C(=O)CCCCCCC)s3)c(C#N)c2C#N)s1. The van der Waals surface area contributed by atoms with Gasteiger partial charge in [0.25, 0.3) is 0 Å². The molecule has 0 amide bonds. The Labute approximate surface area is 232 Å². The third-order valence-electron chi connectivity index (χ3n) is 6.36. The van der Waals surface area contributed by atoms with Crippen molar-refractivity contribution < 1.29 is 9.59 Å². The number of carbonyl (C=O) groups excluding carboxylic acids is 2. The van der Waals surface area contributed by atoms with E-state index >= 15 is 0 Å². The molecule has 0 aliphatic rings. The quantitative estimate of drug-likeness (QED) is 0.131.